The van der Waals surface area contributed by atoms with E-state index >= 15 is 0 Å². The van der Waals surface area contributed by atoms with E-state index in [9.17, 15) is 22.8 Å². The Bertz CT molecular complexity index is 1120. The number of imidazole rings is 1. The van der Waals surface area contributed by atoms with E-state index in [-0.39, 0.29) is 28.9 Å². The van der Waals surface area contributed by atoms with Crippen LogP contribution < -0.4 is 5.73 Å². The zero-order valence-electron chi connectivity index (χ0n) is 15.7. The first-order valence-electron chi connectivity index (χ1n) is 9.17. The first-order chi connectivity index (χ1) is 14.2. The first kappa shape index (κ1) is 19.7. The Labute approximate surface area is 169 Å². The van der Waals surface area contributed by atoms with Crippen LogP contribution in [0.4, 0.5) is 19.1 Å². The molecule has 0 fully saturated rings. The van der Waals surface area contributed by atoms with E-state index in [1.54, 1.807) is 17.0 Å². The molecule has 9 heteroatoms. The van der Waals surface area contributed by atoms with Crippen molar-refractivity contribution in [3.8, 4) is 0 Å². The number of anilines is 1. The zero-order valence-corrected chi connectivity index (χ0v) is 15.7. The van der Waals surface area contributed by atoms with Crippen LogP contribution >= 0.6 is 0 Å². The van der Waals surface area contributed by atoms with Gasteiger partial charge in [0.25, 0.3) is 5.91 Å². The third-order valence-electron chi connectivity index (χ3n) is 5.09. The highest BCUT2D eigenvalue weighted by Gasteiger charge is 2.31. The van der Waals surface area contributed by atoms with Crippen molar-refractivity contribution in [3.63, 3.8) is 0 Å². The largest absolute Gasteiger partial charge is 0.416 e. The summed E-state index contributed by atoms with van der Waals surface area (Å²) in [4.78, 5) is 33.8. The Kier molecular flexibility index (Phi) is 4.81. The van der Waals surface area contributed by atoms with Crippen LogP contribution in [0.3, 0.4) is 0 Å². The lowest BCUT2D eigenvalue weighted by molar-refractivity contribution is -0.137. The van der Waals surface area contributed by atoms with E-state index in [4.69, 9.17) is 5.73 Å². The number of hydrogen-bond acceptors (Lipinski definition) is 4. The number of nitrogens with zero attached hydrogens (tertiary/aromatic N) is 2. The summed E-state index contributed by atoms with van der Waals surface area (Å²) in [7, 11) is 0. The third-order valence-corrected chi connectivity index (χ3v) is 5.09. The van der Waals surface area contributed by atoms with Crippen molar-refractivity contribution in [1.29, 1.82) is 0 Å². The smallest absolute Gasteiger partial charge is 0.369 e. The highest BCUT2D eigenvalue weighted by molar-refractivity contribution is 6.10. The molecule has 0 aliphatic carbocycles. The average Bonchev–Trinajstić information content (AvgIpc) is 3.17. The number of nitrogen functional groups attached to an aromatic ring is 1. The van der Waals surface area contributed by atoms with Gasteiger partial charge in [-0.2, -0.15) is 13.2 Å². The molecule has 1 aliphatic rings. The minimum absolute atomic E-state index is 0.153. The SMILES string of the molecule is Nc1nc(C(=O)N2CCc3c(cccc3C(=O)c3ccc(C(F)(F)F)cc3)C2)c[nH]1. The molecule has 2 heterocycles. The molecule has 3 N–H and O–H groups in total. The second-order valence-electron chi connectivity index (χ2n) is 7.00. The molecule has 3 aromatic rings. The Morgan fingerprint density at radius 2 is 1.83 bits per heavy atom. The number of aromatic nitrogens is 2. The van der Waals surface area contributed by atoms with Crippen molar-refractivity contribution in [2.24, 2.45) is 0 Å². The summed E-state index contributed by atoms with van der Waals surface area (Å²) in [5, 5.41) is 0. The molecule has 6 nitrogen and oxygen atoms in total. The van der Waals surface area contributed by atoms with Crippen molar-refractivity contribution in [2.45, 2.75) is 19.1 Å². The summed E-state index contributed by atoms with van der Waals surface area (Å²) in [6.45, 7) is 0.685. The maximum Gasteiger partial charge on any atom is 0.416 e. The van der Waals surface area contributed by atoms with E-state index in [1.807, 2.05) is 6.07 Å². The number of ketones is 1. The lowest BCUT2D eigenvalue weighted by atomic mass is 9.90. The minimum atomic E-state index is -4.46. The van der Waals surface area contributed by atoms with Gasteiger partial charge < -0.3 is 15.6 Å². The van der Waals surface area contributed by atoms with Crippen molar-refractivity contribution < 1.29 is 22.8 Å². The number of carbonyl (C=O) groups excluding carboxylic acids is 2. The molecule has 0 bridgehead atoms. The lowest BCUT2D eigenvalue weighted by Gasteiger charge is -2.29. The van der Waals surface area contributed by atoms with E-state index in [0.29, 0.717) is 25.1 Å². The fourth-order valence-electron chi connectivity index (χ4n) is 3.57. The number of aromatic amines is 1. The van der Waals surface area contributed by atoms with Crippen LogP contribution in [0.5, 0.6) is 0 Å². The normalized spacial score (nSPS) is 13.8. The standard InChI is InChI=1S/C21H17F3N4O2/c22-21(23,24)14-6-4-12(5-7-14)18(29)16-3-1-2-13-11-28(9-8-15(13)16)19(30)17-10-26-20(25)27-17/h1-7,10H,8-9,11H2,(H3,25,26,27). The van der Waals surface area contributed by atoms with Gasteiger partial charge in [0.05, 0.1) is 5.56 Å². The fraction of sp³-hybridized carbons (Fsp3) is 0.190. The van der Waals surface area contributed by atoms with Crippen LogP contribution in [0.1, 0.15) is 43.1 Å². The minimum Gasteiger partial charge on any atom is -0.369 e. The van der Waals surface area contributed by atoms with Gasteiger partial charge in [-0.3, -0.25) is 9.59 Å². The summed E-state index contributed by atoms with van der Waals surface area (Å²) in [6, 6.07) is 9.37. The first-order valence-corrected chi connectivity index (χ1v) is 9.17. The van der Waals surface area contributed by atoms with Crippen LogP contribution in [0.2, 0.25) is 0 Å². The van der Waals surface area contributed by atoms with E-state index in [1.165, 1.54) is 18.3 Å². The summed E-state index contributed by atoms with van der Waals surface area (Å²) < 4.78 is 38.3. The molecule has 0 spiro atoms. The molecule has 1 aromatic heterocycles. The molecule has 0 saturated heterocycles. The number of alkyl halides is 3. The number of H-pyrrole nitrogens is 1. The Hall–Kier alpha value is -3.62. The maximum absolute atomic E-state index is 12.9. The molecule has 30 heavy (non-hydrogen) atoms. The molecule has 2 aromatic carbocycles. The van der Waals surface area contributed by atoms with Crippen molar-refractivity contribution in [3.05, 3.63) is 82.2 Å². The molecule has 0 saturated carbocycles. The van der Waals surface area contributed by atoms with E-state index in [2.05, 4.69) is 9.97 Å². The third kappa shape index (κ3) is 3.66. The summed E-state index contributed by atoms with van der Waals surface area (Å²) in [5.41, 5.74) is 7.17. The van der Waals surface area contributed by atoms with Crippen LogP contribution in [-0.2, 0) is 19.1 Å². The van der Waals surface area contributed by atoms with Gasteiger partial charge in [-0.05, 0) is 29.7 Å². The summed E-state index contributed by atoms with van der Waals surface area (Å²) in [6.07, 6.45) is -2.57. The van der Waals surface area contributed by atoms with Crippen LogP contribution in [0.15, 0.2) is 48.7 Å². The topological polar surface area (TPSA) is 92.1 Å². The van der Waals surface area contributed by atoms with Gasteiger partial charge in [-0.1, -0.05) is 30.3 Å². The fourth-order valence-corrected chi connectivity index (χ4v) is 3.57. The number of halogens is 3. The Morgan fingerprint density at radius 3 is 2.47 bits per heavy atom. The monoisotopic (exact) mass is 414 g/mol. The molecule has 1 amide bonds. The number of amides is 1. The molecular weight excluding hydrogens is 397 g/mol. The quantitative estimate of drug-likeness (QED) is 0.643. The second-order valence-corrected chi connectivity index (χ2v) is 7.00. The molecule has 154 valence electrons. The van der Waals surface area contributed by atoms with E-state index in [0.717, 1.165) is 23.3 Å². The average molecular weight is 414 g/mol. The van der Waals surface area contributed by atoms with Gasteiger partial charge in [0.1, 0.15) is 5.69 Å². The molecule has 0 atom stereocenters. The van der Waals surface area contributed by atoms with Gasteiger partial charge >= 0.3 is 6.18 Å². The van der Waals surface area contributed by atoms with Crippen LogP contribution in [-0.4, -0.2) is 33.1 Å². The maximum atomic E-state index is 12.9. The lowest BCUT2D eigenvalue weighted by Crippen LogP contribution is -2.36. The number of nitrogens with one attached hydrogen (secondary N) is 1. The number of fused-ring (bicyclic) bond motifs is 1. The van der Waals surface area contributed by atoms with Crippen molar-refractivity contribution in [1.82, 2.24) is 14.9 Å². The van der Waals surface area contributed by atoms with Crippen LogP contribution in [0, 0.1) is 0 Å². The summed E-state index contributed by atoms with van der Waals surface area (Å²) in [5.74, 6) is -0.464. The van der Waals surface area contributed by atoms with E-state index < -0.39 is 11.7 Å². The molecule has 0 unspecified atom stereocenters. The van der Waals surface area contributed by atoms with Crippen LogP contribution in [0.25, 0.3) is 0 Å². The summed E-state index contributed by atoms with van der Waals surface area (Å²) >= 11 is 0. The number of carbonyl (C=O) groups is 2. The predicted molar refractivity (Wildman–Crippen MR) is 103 cm³/mol. The molecule has 1 aliphatic heterocycles. The second kappa shape index (κ2) is 7.33. The van der Waals surface area contributed by atoms with Gasteiger partial charge in [0.2, 0.25) is 0 Å². The van der Waals surface area contributed by atoms with Gasteiger partial charge in [-0.15, -0.1) is 0 Å². The van der Waals surface area contributed by atoms with Gasteiger partial charge in [0, 0.05) is 30.4 Å². The van der Waals surface area contributed by atoms with Crippen molar-refractivity contribution in [2.75, 3.05) is 12.3 Å². The predicted octanol–water partition coefficient (Wildman–Crippen LogP) is 3.44. The molecule has 0 radical (unpaired) electrons. The highest BCUT2D eigenvalue weighted by Crippen LogP contribution is 2.30. The van der Waals surface area contributed by atoms with Crippen molar-refractivity contribution >= 4 is 17.6 Å². The Morgan fingerprint density at radius 1 is 1.10 bits per heavy atom. The number of nitrogens with two attached hydrogens (primary N) is 1. The number of hydrogen-bond donors (Lipinski definition) is 2. The Balaban J connectivity index is 1.58. The van der Waals surface area contributed by atoms with Gasteiger partial charge in [0.15, 0.2) is 11.7 Å². The molecular formula is C21H17F3N4O2. The number of benzene rings is 2. The zero-order chi connectivity index (χ0) is 21.5. The molecule has 4 rings (SSSR count). The van der Waals surface area contributed by atoms with Gasteiger partial charge in [-0.25, -0.2) is 4.98 Å². The number of rotatable bonds is 3. The highest BCUT2D eigenvalue weighted by atomic mass is 19.4.